The van der Waals surface area contributed by atoms with E-state index in [4.69, 9.17) is 10.5 Å². The summed E-state index contributed by atoms with van der Waals surface area (Å²) in [6.07, 6.45) is 5.71. The number of aromatic amines is 1. The highest BCUT2D eigenvalue weighted by molar-refractivity contribution is 5.45. The predicted octanol–water partition coefficient (Wildman–Crippen LogP) is 1.80. The molecule has 0 aromatic carbocycles. The minimum Gasteiger partial charge on any atom is -0.381 e. The first kappa shape index (κ1) is 15.4. The zero-order chi connectivity index (χ0) is 16.5. The Morgan fingerprint density at radius 3 is 3.04 bits per heavy atom. The van der Waals surface area contributed by atoms with Crippen LogP contribution in [0.5, 0.6) is 0 Å². The predicted molar refractivity (Wildman–Crippen MR) is 92.0 cm³/mol. The zero-order valence-corrected chi connectivity index (χ0v) is 14.1. The molecule has 1 aliphatic heterocycles. The number of hydrogen-bond acceptors (Lipinski definition) is 6. The van der Waals surface area contributed by atoms with Crippen LogP contribution in [0.4, 0.5) is 11.8 Å². The van der Waals surface area contributed by atoms with Gasteiger partial charge in [0.05, 0.1) is 24.5 Å². The van der Waals surface area contributed by atoms with E-state index < -0.39 is 0 Å². The molecule has 128 valence electrons. The third kappa shape index (κ3) is 2.96. The molecule has 1 atom stereocenters. The molecule has 0 bridgehead atoms. The summed E-state index contributed by atoms with van der Waals surface area (Å²) in [5.41, 5.74) is 10.7. The van der Waals surface area contributed by atoms with E-state index in [9.17, 15) is 0 Å². The Bertz CT molecular complexity index is 722. The van der Waals surface area contributed by atoms with Crippen LogP contribution in [0.2, 0.25) is 0 Å². The second-order valence-electron chi connectivity index (χ2n) is 6.76. The molecule has 7 heteroatoms. The van der Waals surface area contributed by atoms with E-state index in [-0.39, 0.29) is 0 Å². The van der Waals surface area contributed by atoms with Crippen molar-refractivity contribution in [2.45, 2.75) is 44.6 Å². The number of aryl methyl sites for hydroxylation is 1. The number of nitrogens with one attached hydrogen (secondary N) is 1. The number of nitrogen functional groups attached to an aromatic ring is 1. The van der Waals surface area contributed by atoms with Crippen LogP contribution >= 0.6 is 0 Å². The molecule has 7 nitrogen and oxygen atoms in total. The van der Waals surface area contributed by atoms with E-state index in [2.05, 4.69) is 25.1 Å². The number of aromatic nitrogens is 4. The number of ether oxygens (including phenoxy) is 1. The topological polar surface area (TPSA) is 93.0 Å². The van der Waals surface area contributed by atoms with E-state index in [0.717, 1.165) is 49.6 Å². The fourth-order valence-corrected chi connectivity index (χ4v) is 3.63. The van der Waals surface area contributed by atoms with Crippen molar-refractivity contribution < 1.29 is 4.74 Å². The molecule has 3 N–H and O–H groups in total. The largest absolute Gasteiger partial charge is 0.381 e. The second-order valence-corrected chi connectivity index (χ2v) is 6.76. The molecule has 1 fully saturated rings. The number of nitrogens with two attached hydrogens (primary N) is 1. The second kappa shape index (κ2) is 6.39. The zero-order valence-electron chi connectivity index (χ0n) is 14.1. The molecule has 0 unspecified atom stereocenters. The van der Waals surface area contributed by atoms with Gasteiger partial charge in [-0.05, 0) is 37.7 Å². The maximum atomic E-state index is 5.94. The van der Waals surface area contributed by atoms with Crippen LogP contribution in [-0.4, -0.2) is 40.4 Å². The van der Waals surface area contributed by atoms with Crippen molar-refractivity contribution >= 4 is 11.8 Å². The van der Waals surface area contributed by atoms with Crippen LogP contribution in [0.1, 0.15) is 47.8 Å². The molecule has 0 radical (unpaired) electrons. The highest BCUT2D eigenvalue weighted by atomic mass is 16.5. The summed E-state index contributed by atoms with van der Waals surface area (Å²) in [4.78, 5) is 10.9. The molecular weight excluding hydrogens is 304 g/mol. The van der Waals surface area contributed by atoms with Gasteiger partial charge >= 0.3 is 0 Å². The van der Waals surface area contributed by atoms with Gasteiger partial charge in [-0.2, -0.15) is 10.1 Å². The maximum Gasteiger partial charge on any atom is 0.222 e. The van der Waals surface area contributed by atoms with Crippen LogP contribution in [0.3, 0.4) is 0 Å². The number of H-pyrrole nitrogens is 1. The van der Waals surface area contributed by atoms with Gasteiger partial charge in [0.1, 0.15) is 5.82 Å². The van der Waals surface area contributed by atoms with Crippen LogP contribution in [0, 0.1) is 0 Å². The molecule has 1 aliphatic carbocycles. The number of anilines is 2. The Hall–Kier alpha value is -2.15. The molecule has 2 aromatic heterocycles. The van der Waals surface area contributed by atoms with Gasteiger partial charge in [-0.1, -0.05) is 0 Å². The van der Waals surface area contributed by atoms with Crippen LogP contribution < -0.4 is 10.6 Å². The molecule has 3 heterocycles. The van der Waals surface area contributed by atoms with Crippen molar-refractivity contribution in [2.75, 3.05) is 30.9 Å². The minimum atomic E-state index is 0.320. The van der Waals surface area contributed by atoms with E-state index in [0.29, 0.717) is 18.5 Å². The summed E-state index contributed by atoms with van der Waals surface area (Å²) in [6.45, 7) is 2.23. The fourth-order valence-electron chi connectivity index (χ4n) is 3.63. The molecular formula is C17H24N6O. The van der Waals surface area contributed by atoms with Crippen molar-refractivity contribution in [3.63, 3.8) is 0 Å². The third-order valence-electron chi connectivity index (χ3n) is 5.02. The fraction of sp³-hybridized carbons (Fsp3) is 0.588. The van der Waals surface area contributed by atoms with E-state index in [1.807, 2.05) is 13.1 Å². The van der Waals surface area contributed by atoms with Crippen molar-refractivity contribution in [2.24, 2.45) is 0 Å². The molecule has 2 aromatic rings. The van der Waals surface area contributed by atoms with Crippen molar-refractivity contribution in [1.82, 2.24) is 20.2 Å². The van der Waals surface area contributed by atoms with Crippen molar-refractivity contribution in [3.8, 4) is 0 Å². The van der Waals surface area contributed by atoms with Crippen LogP contribution in [0.25, 0.3) is 0 Å². The Kier molecular flexibility index (Phi) is 4.10. The molecule has 24 heavy (non-hydrogen) atoms. The Balaban J connectivity index is 1.55. The molecule has 0 spiro atoms. The average molecular weight is 328 g/mol. The lowest BCUT2D eigenvalue weighted by Gasteiger charge is -2.20. The summed E-state index contributed by atoms with van der Waals surface area (Å²) in [5.74, 6) is 1.49. The first-order chi connectivity index (χ1) is 11.7. The molecule has 2 aliphatic rings. The van der Waals surface area contributed by atoms with Gasteiger partial charge in [0.25, 0.3) is 0 Å². The standard InChI is InChI=1S/C17H24N6O/c1-23(9-15-12-4-2-3-5-13(12)21-22-15)16-8-14(19-17(18)20-16)11-6-7-24-10-11/h8,11H,2-7,9-10H2,1H3,(H,21,22)(H2,18,19,20)/t11-/m1/s1. The number of hydrogen-bond donors (Lipinski definition) is 2. The quantitative estimate of drug-likeness (QED) is 0.889. The third-order valence-corrected chi connectivity index (χ3v) is 5.02. The smallest absolute Gasteiger partial charge is 0.222 e. The van der Waals surface area contributed by atoms with Gasteiger partial charge in [0.15, 0.2) is 0 Å². The Labute approximate surface area is 141 Å². The number of nitrogens with zero attached hydrogens (tertiary/aromatic N) is 4. The monoisotopic (exact) mass is 328 g/mol. The Morgan fingerprint density at radius 1 is 1.33 bits per heavy atom. The molecule has 4 rings (SSSR count). The van der Waals surface area contributed by atoms with Gasteiger partial charge in [-0.3, -0.25) is 5.10 Å². The van der Waals surface area contributed by atoms with Gasteiger partial charge in [-0.15, -0.1) is 0 Å². The van der Waals surface area contributed by atoms with Gasteiger partial charge in [0, 0.05) is 31.3 Å². The van der Waals surface area contributed by atoms with Gasteiger partial charge < -0.3 is 15.4 Å². The summed E-state index contributed by atoms with van der Waals surface area (Å²) >= 11 is 0. The van der Waals surface area contributed by atoms with Crippen LogP contribution in [-0.2, 0) is 24.1 Å². The average Bonchev–Trinajstić information content (AvgIpc) is 3.25. The summed E-state index contributed by atoms with van der Waals surface area (Å²) < 4.78 is 5.47. The lowest BCUT2D eigenvalue weighted by atomic mass is 9.96. The van der Waals surface area contributed by atoms with E-state index in [1.165, 1.54) is 24.1 Å². The normalized spacial score (nSPS) is 20.1. The highest BCUT2D eigenvalue weighted by Gasteiger charge is 2.22. The number of rotatable bonds is 4. The van der Waals surface area contributed by atoms with E-state index in [1.54, 1.807) is 0 Å². The molecule has 0 saturated carbocycles. The lowest BCUT2D eigenvalue weighted by Crippen LogP contribution is -2.21. The van der Waals surface area contributed by atoms with Gasteiger partial charge in [-0.25, -0.2) is 4.98 Å². The van der Waals surface area contributed by atoms with Crippen molar-refractivity contribution in [1.29, 1.82) is 0 Å². The maximum absolute atomic E-state index is 5.94. The highest BCUT2D eigenvalue weighted by Crippen LogP contribution is 2.28. The SMILES string of the molecule is CN(Cc1n[nH]c2c1CCCC2)c1cc([C@@H]2CCOC2)nc(N)n1. The molecule has 0 amide bonds. The summed E-state index contributed by atoms with van der Waals surface area (Å²) in [7, 11) is 2.03. The number of fused-ring (bicyclic) bond motifs is 1. The molecule has 1 saturated heterocycles. The summed E-state index contributed by atoms with van der Waals surface area (Å²) in [6, 6.07) is 2.04. The summed E-state index contributed by atoms with van der Waals surface area (Å²) in [5, 5.41) is 7.72. The minimum absolute atomic E-state index is 0.320. The van der Waals surface area contributed by atoms with Crippen molar-refractivity contribution in [3.05, 3.63) is 28.7 Å². The van der Waals surface area contributed by atoms with Crippen LogP contribution in [0.15, 0.2) is 6.07 Å². The Morgan fingerprint density at radius 2 is 2.21 bits per heavy atom. The van der Waals surface area contributed by atoms with Gasteiger partial charge in [0.2, 0.25) is 5.95 Å². The lowest BCUT2D eigenvalue weighted by molar-refractivity contribution is 0.193. The first-order valence-electron chi connectivity index (χ1n) is 8.69. The van der Waals surface area contributed by atoms with E-state index >= 15 is 0 Å². The first-order valence-corrected chi connectivity index (χ1v) is 8.69.